The van der Waals surface area contributed by atoms with Crippen molar-refractivity contribution in [2.24, 2.45) is 0 Å². The van der Waals surface area contributed by atoms with Gasteiger partial charge >= 0.3 is 0 Å². The van der Waals surface area contributed by atoms with Crippen molar-refractivity contribution in [2.75, 3.05) is 5.32 Å². The molecule has 1 N–H and O–H groups in total. The Labute approximate surface area is 167 Å². The fraction of sp³-hybridized carbons (Fsp3) is 0.0833. The third-order valence-electron chi connectivity index (χ3n) is 4.98. The standard InChI is InChI=1S/C24H18N2O3/c1-14-7-12-20-18(13-14)15(2)22(28-20)23(27)25-17-10-8-16(9-11-17)24-26-19-5-3-4-6-21(19)29-24/h3-13H,1-2H3,(H,25,27). The molecule has 29 heavy (non-hydrogen) atoms. The van der Waals surface area contributed by atoms with E-state index < -0.39 is 0 Å². The summed E-state index contributed by atoms with van der Waals surface area (Å²) in [4.78, 5) is 17.2. The predicted molar refractivity (Wildman–Crippen MR) is 113 cm³/mol. The van der Waals surface area contributed by atoms with Gasteiger partial charge in [0.25, 0.3) is 5.91 Å². The zero-order valence-corrected chi connectivity index (χ0v) is 16.0. The molecule has 0 saturated carbocycles. The molecule has 0 radical (unpaired) electrons. The lowest BCUT2D eigenvalue weighted by Crippen LogP contribution is -2.12. The number of oxazole rings is 1. The summed E-state index contributed by atoms with van der Waals surface area (Å²) in [5.74, 6) is 0.604. The second-order valence-electron chi connectivity index (χ2n) is 7.07. The summed E-state index contributed by atoms with van der Waals surface area (Å²) in [6.07, 6.45) is 0. The number of para-hydroxylation sites is 2. The number of furan rings is 1. The lowest BCUT2D eigenvalue weighted by molar-refractivity contribution is 0.0998. The molecular formula is C24H18N2O3. The van der Waals surface area contributed by atoms with E-state index in [1.54, 1.807) is 0 Å². The molecule has 2 aromatic heterocycles. The molecule has 0 aliphatic heterocycles. The van der Waals surface area contributed by atoms with Crippen molar-refractivity contribution in [3.8, 4) is 11.5 Å². The van der Waals surface area contributed by atoms with Crippen LogP contribution in [-0.2, 0) is 0 Å². The Morgan fingerprint density at radius 2 is 1.69 bits per heavy atom. The molecule has 0 fully saturated rings. The molecule has 0 aliphatic rings. The lowest BCUT2D eigenvalue weighted by Gasteiger charge is -2.04. The maximum atomic E-state index is 12.7. The molecule has 1 amide bonds. The Kier molecular flexibility index (Phi) is 3.95. The van der Waals surface area contributed by atoms with Gasteiger partial charge < -0.3 is 14.2 Å². The first kappa shape index (κ1) is 17.3. The van der Waals surface area contributed by atoms with Gasteiger partial charge in [0.05, 0.1) is 0 Å². The number of rotatable bonds is 3. The minimum Gasteiger partial charge on any atom is -0.451 e. The molecule has 142 valence electrons. The van der Waals surface area contributed by atoms with Crippen molar-refractivity contribution < 1.29 is 13.6 Å². The van der Waals surface area contributed by atoms with Gasteiger partial charge in [-0.2, -0.15) is 0 Å². The fourth-order valence-corrected chi connectivity index (χ4v) is 3.43. The highest BCUT2D eigenvalue weighted by molar-refractivity contribution is 6.06. The van der Waals surface area contributed by atoms with Gasteiger partial charge in [-0.25, -0.2) is 4.98 Å². The highest BCUT2D eigenvalue weighted by Crippen LogP contribution is 2.28. The van der Waals surface area contributed by atoms with Crippen molar-refractivity contribution in [1.29, 1.82) is 0 Å². The van der Waals surface area contributed by atoms with E-state index in [0.29, 0.717) is 22.9 Å². The number of anilines is 1. The number of fused-ring (bicyclic) bond motifs is 2. The number of carbonyl (C=O) groups excluding carboxylic acids is 1. The zero-order valence-electron chi connectivity index (χ0n) is 16.0. The Morgan fingerprint density at radius 3 is 2.48 bits per heavy atom. The summed E-state index contributed by atoms with van der Waals surface area (Å²) >= 11 is 0. The van der Waals surface area contributed by atoms with E-state index in [1.807, 2.05) is 80.6 Å². The average Bonchev–Trinajstić information content (AvgIpc) is 3.30. The molecule has 5 rings (SSSR count). The summed E-state index contributed by atoms with van der Waals surface area (Å²) in [5, 5.41) is 3.86. The SMILES string of the molecule is Cc1ccc2oc(C(=O)Nc3ccc(-c4nc5ccccc5o4)cc3)c(C)c2c1. The minimum absolute atomic E-state index is 0.272. The Hall–Kier alpha value is -3.86. The van der Waals surface area contributed by atoms with Gasteiger partial charge in [0.1, 0.15) is 11.1 Å². The van der Waals surface area contributed by atoms with E-state index in [4.69, 9.17) is 8.83 Å². The molecule has 0 atom stereocenters. The summed E-state index contributed by atoms with van der Waals surface area (Å²) < 4.78 is 11.6. The van der Waals surface area contributed by atoms with Crippen molar-refractivity contribution in [2.45, 2.75) is 13.8 Å². The zero-order chi connectivity index (χ0) is 20.0. The fourth-order valence-electron chi connectivity index (χ4n) is 3.43. The van der Waals surface area contributed by atoms with Gasteiger partial charge in [0.2, 0.25) is 5.89 Å². The first-order valence-corrected chi connectivity index (χ1v) is 9.35. The van der Waals surface area contributed by atoms with Gasteiger partial charge in [0, 0.05) is 22.2 Å². The van der Waals surface area contributed by atoms with E-state index in [-0.39, 0.29) is 5.91 Å². The van der Waals surface area contributed by atoms with Gasteiger partial charge in [-0.1, -0.05) is 23.8 Å². The predicted octanol–water partition coefficient (Wildman–Crippen LogP) is 6.11. The second kappa shape index (κ2) is 6.63. The molecule has 0 unspecified atom stereocenters. The molecule has 3 aromatic carbocycles. The number of nitrogens with zero attached hydrogens (tertiary/aromatic N) is 1. The monoisotopic (exact) mass is 382 g/mol. The molecule has 0 spiro atoms. The number of aryl methyl sites for hydroxylation is 2. The van der Waals surface area contributed by atoms with Crippen LogP contribution in [-0.4, -0.2) is 10.9 Å². The maximum Gasteiger partial charge on any atom is 0.291 e. The largest absolute Gasteiger partial charge is 0.451 e. The van der Waals surface area contributed by atoms with E-state index in [1.165, 1.54) is 0 Å². The summed E-state index contributed by atoms with van der Waals surface area (Å²) in [7, 11) is 0. The van der Waals surface area contributed by atoms with Crippen LogP contribution in [0.2, 0.25) is 0 Å². The van der Waals surface area contributed by atoms with Gasteiger partial charge in [-0.05, 0) is 62.4 Å². The van der Waals surface area contributed by atoms with E-state index in [2.05, 4.69) is 10.3 Å². The first-order chi connectivity index (χ1) is 14.1. The number of aromatic nitrogens is 1. The molecule has 0 saturated heterocycles. The summed E-state index contributed by atoms with van der Waals surface area (Å²) in [6, 6.07) is 20.9. The number of hydrogen-bond donors (Lipinski definition) is 1. The highest BCUT2D eigenvalue weighted by Gasteiger charge is 2.18. The van der Waals surface area contributed by atoms with Crippen LogP contribution in [0.4, 0.5) is 5.69 Å². The minimum atomic E-state index is -0.272. The maximum absolute atomic E-state index is 12.7. The summed E-state index contributed by atoms with van der Waals surface area (Å²) in [6.45, 7) is 3.92. The molecule has 5 aromatic rings. The van der Waals surface area contributed by atoms with Gasteiger partial charge in [-0.3, -0.25) is 4.79 Å². The number of carbonyl (C=O) groups is 1. The first-order valence-electron chi connectivity index (χ1n) is 9.35. The van der Waals surface area contributed by atoms with Crippen LogP contribution in [0.5, 0.6) is 0 Å². The molecule has 2 heterocycles. The number of benzene rings is 3. The molecule has 5 nitrogen and oxygen atoms in total. The second-order valence-corrected chi connectivity index (χ2v) is 7.07. The number of nitrogens with one attached hydrogen (secondary N) is 1. The third-order valence-corrected chi connectivity index (χ3v) is 4.98. The Balaban J connectivity index is 1.39. The topological polar surface area (TPSA) is 68.3 Å². The average molecular weight is 382 g/mol. The molecular weight excluding hydrogens is 364 g/mol. The van der Waals surface area contributed by atoms with Crippen LogP contribution >= 0.6 is 0 Å². The van der Waals surface area contributed by atoms with E-state index in [9.17, 15) is 4.79 Å². The highest BCUT2D eigenvalue weighted by atomic mass is 16.4. The Morgan fingerprint density at radius 1 is 0.897 bits per heavy atom. The quantitative estimate of drug-likeness (QED) is 0.409. The number of amides is 1. The molecule has 0 bridgehead atoms. The van der Waals surface area contributed by atoms with Crippen LogP contribution in [0, 0.1) is 13.8 Å². The Bertz CT molecular complexity index is 1330. The lowest BCUT2D eigenvalue weighted by atomic mass is 10.1. The van der Waals surface area contributed by atoms with Crippen LogP contribution in [0.1, 0.15) is 21.7 Å². The van der Waals surface area contributed by atoms with E-state index in [0.717, 1.165) is 33.2 Å². The van der Waals surface area contributed by atoms with Gasteiger partial charge in [-0.15, -0.1) is 0 Å². The molecule has 0 aliphatic carbocycles. The number of hydrogen-bond acceptors (Lipinski definition) is 4. The smallest absolute Gasteiger partial charge is 0.291 e. The third kappa shape index (κ3) is 3.06. The van der Waals surface area contributed by atoms with Gasteiger partial charge in [0.15, 0.2) is 11.3 Å². The normalized spacial score (nSPS) is 11.2. The van der Waals surface area contributed by atoms with Crippen molar-refractivity contribution in [3.05, 3.63) is 83.6 Å². The summed E-state index contributed by atoms with van der Waals surface area (Å²) in [5.41, 5.74) is 5.75. The van der Waals surface area contributed by atoms with Crippen molar-refractivity contribution >= 4 is 33.7 Å². The van der Waals surface area contributed by atoms with Crippen molar-refractivity contribution in [3.63, 3.8) is 0 Å². The van der Waals surface area contributed by atoms with Crippen LogP contribution in [0.25, 0.3) is 33.5 Å². The van der Waals surface area contributed by atoms with E-state index >= 15 is 0 Å². The van der Waals surface area contributed by atoms with Crippen LogP contribution in [0.3, 0.4) is 0 Å². The van der Waals surface area contributed by atoms with Crippen LogP contribution < -0.4 is 5.32 Å². The van der Waals surface area contributed by atoms with Crippen LogP contribution in [0.15, 0.2) is 75.6 Å². The molecule has 5 heteroatoms. The van der Waals surface area contributed by atoms with Crippen molar-refractivity contribution in [1.82, 2.24) is 4.98 Å².